The average molecular weight is 335 g/mol. The molecule has 0 saturated heterocycles. The summed E-state index contributed by atoms with van der Waals surface area (Å²) in [5.41, 5.74) is 0. The molecule has 0 aromatic heterocycles. The summed E-state index contributed by atoms with van der Waals surface area (Å²) >= 11 is 0. The lowest BCUT2D eigenvalue weighted by Gasteiger charge is -2.29. The number of para-hydroxylation sites is 1. The highest BCUT2D eigenvalue weighted by atomic mass is 16.6. The lowest BCUT2D eigenvalue weighted by atomic mass is 9.99. The van der Waals surface area contributed by atoms with Crippen molar-refractivity contribution in [2.75, 3.05) is 0 Å². The molecule has 138 valence electrons. The van der Waals surface area contributed by atoms with Crippen LogP contribution >= 0.6 is 0 Å². The molecule has 0 radical (unpaired) electrons. The van der Waals surface area contributed by atoms with Crippen LogP contribution in [0.25, 0.3) is 0 Å². The molecule has 1 aromatic rings. The van der Waals surface area contributed by atoms with Crippen LogP contribution < -0.4 is 4.74 Å². The normalized spacial score (nSPS) is 13.6. The molecular formula is C22H38O2. The van der Waals surface area contributed by atoms with Gasteiger partial charge in [0.05, 0.1) is 0 Å². The molecule has 1 aromatic carbocycles. The van der Waals surface area contributed by atoms with E-state index in [0.29, 0.717) is 0 Å². The van der Waals surface area contributed by atoms with Crippen LogP contribution in [0.15, 0.2) is 30.3 Å². The minimum absolute atomic E-state index is 0.737. The van der Waals surface area contributed by atoms with Gasteiger partial charge in [-0.2, -0.15) is 0 Å². The van der Waals surface area contributed by atoms with E-state index in [1.807, 2.05) is 30.3 Å². The van der Waals surface area contributed by atoms with Crippen LogP contribution in [0.5, 0.6) is 5.75 Å². The van der Waals surface area contributed by atoms with Gasteiger partial charge in [0.15, 0.2) is 0 Å². The van der Waals surface area contributed by atoms with Crippen LogP contribution in [0.1, 0.15) is 97.3 Å². The minimum atomic E-state index is -1.00. The Balaban J connectivity index is 2.41. The maximum atomic E-state index is 11.0. The molecule has 24 heavy (non-hydrogen) atoms. The third kappa shape index (κ3) is 9.97. The van der Waals surface area contributed by atoms with E-state index in [0.717, 1.165) is 31.4 Å². The van der Waals surface area contributed by atoms with E-state index in [4.69, 9.17) is 4.74 Å². The number of ether oxygens (including phenoxy) is 1. The molecule has 0 aliphatic heterocycles. The van der Waals surface area contributed by atoms with Crippen LogP contribution in [0.3, 0.4) is 0 Å². The number of aliphatic hydroxyl groups is 1. The Hall–Kier alpha value is -1.02. The lowest BCUT2D eigenvalue weighted by molar-refractivity contribution is -0.150. The highest BCUT2D eigenvalue weighted by Gasteiger charge is 2.28. The Morgan fingerprint density at radius 2 is 1.17 bits per heavy atom. The molecule has 1 unspecified atom stereocenters. The van der Waals surface area contributed by atoms with Crippen LogP contribution in [0.4, 0.5) is 0 Å². The number of unbranched alkanes of at least 4 members (excludes halogenated alkanes) is 9. The Kier molecular flexibility index (Phi) is 11.6. The highest BCUT2D eigenvalue weighted by molar-refractivity contribution is 5.21. The summed E-state index contributed by atoms with van der Waals surface area (Å²) in [6.45, 7) is 4.47. The Morgan fingerprint density at radius 3 is 1.67 bits per heavy atom. The van der Waals surface area contributed by atoms with Crippen LogP contribution in [0.2, 0.25) is 0 Å². The van der Waals surface area contributed by atoms with Gasteiger partial charge in [-0.15, -0.1) is 0 Å². The SMILES string of the molecule is CCCCCCCCC(O)(CCCCCCC)Oc1ccccc1. The highest BCUT2D eigenvalue weighted by Crippen LogP contribution is 2.27. The molecule has 1 atom stereocenters. The maximum absolute atomic E-state index is 11.0. The molecule has 0 saturated carbocycles. The van der Waals surface area contributed by atoms with Gasteiger partial charge in [0.1, 0.15) is 5.75 Å². The zero-order chi connectivity index (χ0) is 17.5. The van der Waals surface area contributed by atoms with E-state index in [9.17, 15) is 5.11 Å². The molecule has 0 amide bonds. The van der Waals surface area contributed by atoms with E-state index in [-0.39, 0.29) is 0 Å². The van der Waals surface area contributed by atoms with Gasteiger partial charge in [-0.05, 0) is 25.0 Å². The molecule has 0 spiro atoms. The largest absolute Gasteiger partial charge is 0.463 e. The molecule has 0 fully saturated rings. The van der Waals surface area contributed by atoms with E-state index in [1.54, 1.807) is 0 Å². The maximum Gasteiger partial charge on any atom is 0.208 e. The smallest absolute Gasteiger partial charge is 0.208 e. The third-order valence-electron chi connectivity index (χ3n) is 4.64. The van der Waals surface area contributed by atoms with Gasteiger partial charge in [-0.1, -0.05) is 89.8 Å². The monoisotopic (exact) mass is 334 g/mol. The fourth-order valence-corrected chi connectivity index (χ4v) is 3.12. The Labute approximate surface area is 149 Å². The van der Waals surface area contributed by atoms with Gasteiger partial charge in [0, 0.05) is 12.8 Å². The zero-order valence-electron chi connectivity index (χ0n) is 15.9. The second kappa shape index (κ2) is 13.3. The van der Waals surface area contributed by atoms with Crippen molar-refractivity contribution in [2.45, 2.75) is 103 Å². The number of hydrogen-bond acceptors (Lipinski definition) is 2. The van der Waals surface area contributed by atoms with E-state index >= 15 is 0 Å². The van der Waals surface area contributed by atoms with Crippen molar-refractivity contribution in [3.8, 4) is 5.75 Å². The number of rotatable bonds is 15. The summed E-state index contributed by atoms with van der Waals surface area (Å²) in [7, 11) is 0. The second-order valence-electron chi connectivity index (χ2n) is 7.04. The van der Waals surface area contributed by atoms with Gasteiger partial charge in [0.25, 0.3) is 0 Å². The molecule has 2 nitrogen and oxygen atoms in total. The molecule has 0 heterocycles. The Bertz CT molecular complexity index is 390. The van der Waals surface area contributed by atoms with Crippen molar-refractivity contribution in [3.63, 3.8) is 0 Å². The zero-order valence-corrected chi connectivity index (χ0v) is 15.9. The molecule has 0 bridgehead atoms. The van der Waals surface area contributed by atoms with Crippen molar-refractivity contribution >= 4 is 0 Å². The van der Waals surface area contributed by atoms with Gasteiger partial charge >= 0.3 is 0 Å². The molecular weight excluding hydrogens is 296 g/mol. The Morgan fingerprint density at radius 1 is 0.708 bits per heavy atom. The number of hydrogen-bond donors (Lipinski definition) is 1. The quantitative estimate of drug-likeness (QED) is 0.280. The van der Waals surface area contributed by atoms with Crippen molar-refractivity contribution in [2.24, 2.45) is 0 Å². The molecule has 1 N–H and O–H groups in total. The van der Waals surface area contributed by atoms with Crippen LogP contribution in [0, 0.1) is 0 Å². The van der Waals surface area contributed by atoms with Gasteiger partial charge in [-0.3, -0.25) is 0 Å². The first kappa shape index (κ1) is 21.0. The lowest BCUT2D eigenvalue weighted by Crippen LogP contribution is -2.35. The summed E-state index contributed by atoms with van der Waals surface area (Å²) in [5, 5.41) is 11.0. The van der Waals surface area contributed by atoms with Crippen molar-refractivity contribution in [1.82, 2.24) is 0 Å². The summed E-state index contributed by atoms with van der Waals surface area (Å²) in [6, 6.07) is 9.76. The minimum Gasteiger partial charge on any atom is -0.463 e. The van der Waals surface area contributed by atoms with E-state index in [2.05, 4.69) is 13.8 Å². The summed E-state index contributed by atoms with van der Waals surface area (Å²) in [4.78, 5) is 0. The van der Waals surface area contributed by atoms with Gasteiger partial charge in [0.2, 0.25) is 5.79 Å². The molecule has 2 heteroatoms. The predicted octanol–water partition coefficient (Wildman–Crippen LogP) is 6.87. The van der Waals surface area contributed by atoms with Gasteiger partial charge in [-0.25, -0.2) is 0 Å². The van der Waals surface area contributed by atoms with Gasteiger partial charge < -0.3 is 9.84 Å². The first-order chi connectivity index (χ1) is 11.7. The topological polar surface area (TPSA) is 29.5 Å². The fourth-order valence-electron chi connectivity index (χ4n) is 3.12. The van der Waals surface area contributed by atoms with E-state index < -0.39 is 5.79 Å². The molecule has 1 rings (SSSR count). The standard InChI is InChI=1S/C22H38O2/c1-3-5-7-9-11-16-20-22(23,19-15-10-8-6-4-2)24-21-17-13-12-14-18-21/h12-14,17-18,23H,3-11,15-16,19-20H2,1-2H3. The first-order valence-electron chi connectivity index (χ1n) is 10.2. The average Bonchev–Trinajstić information content (AvgIpc) is 2.59. The van der Waals surface area contributed by atoms with Crippen LogP contribution in [-0.2, 0) is 0 Å². The van der Waals surface area contributed by atoms with Crippen molar-refractivity contribution in [1.29, 1.82) is 0 Å². The third-order valence-corrected chi connectivity index (χ3v) is 4.64. The van der Waals surface area contributed by atoms with Crippen LogP contribution in [-0.4, -0.2) is 10.9 Å². The fraction of sp³-hybridized carbons (Fsp3) is 0.727. The molecule has 0 aliphatic carbocycles. The summed E-state index contributed by atoms with van der Waals surface area (Å²) in [5.74, 6) is -0.224. The molecule has 0 aliphatic rings. The number of benzene rings is 1. The predicted molar refractivity (Wildman–Crippen MR) is 103 cm³/mol. The second-order valence-corrected chi connectivity index (χ2v) is 7.04. The van der Waals surface area contributed by atoms with Crippen molar-refractivity contribution in [3.05, 3.63) is 30.3 Å². The summed E-state index contributed by atoms with van der Waals surface area (Å²) < 4.78 is 5.99. The first-order valence-corrected chi connectivity index (χ1v) is 10.2. The van der Waals surface area contributed by atoms with E-state index in [1.165, 1.54) is 57.8 Å². The summed E-state index contributed by atoms with van der Waals surface area (Å²) in [6.07, 6.45) is 14.9. The van der Waals surface area contributed by atoms with Crippen molar-refractivity contribution < 1.29 is 9.84 Å².